The van der Waals surface area contributed by atoms with Crippen molar-refractivity contribution in [1.29, 1.82) is 0 Å². The van der Waals surface area contributed by atoms with E-state index in [1.165, 1.54) is 4.90 Å². The number of unbranched alkanes of at least 4 members (excludes halogenated alkanes) is 1. The Morgan fingerprint density at radius 1 is 1.19 bits per heavy atom. The van der Waals surface area contributed by atoms with E-state index >= 15 is 0 Å². The van der Waals surface area contributed by atoms with Gasteiger partial charge in [-0.3, -0.25) is 4.79 Å². The van der Waals surface area contributed by atoms with E-state index in [2.05, 4.69) is 0 Å². The lowest BCUT2D eigenvalue weighted by atomic mass is 10.0. The highest BCUT2D eigenvalue weighted by Crippen LogP contribution is 2.15. The van der Waals surface area contributed by atoms with Gasteiger partial charge in [-0.2, -0.15) is 0 Å². The number of ether oxygens (including phenoxy) is 1. The Balaban J connectivity index is 2.80. The number of β-amino-alcohol motifs (C(OH)–C–C–N with tert-alkyl or cyclic N) is 1. The third-order valence-electron chi connectivity index (χ3n) is 4.94. The van der Waals surface area contributed by atoms with Crippen molar-refractivity contribution >= 4 is 5.91 Å². The number of carbonyl (C=O) groups is 1. The largest absolute Gasteiger partial charge is 0.394 e. The molecular weight excluding hydrogens is 354 g/mol. The van der Waals surface area contributed by atoms with Gasteiger partial charge in [-0.25, -0.2) is 0 Å². The van der Waals surface area contributed by atoms with E-state index in [1.807, 2.05) is 0 Å². The van der Waals surface area contributed by atoms with Gasteiger partial charge >= 0.3 is 0 Å². The molecule has 0 bridgehead atoms. The van der Waals surface area contributed by atoms with Crippen molar-refractivity contribution in [3.05, 3.63) is 0 Å². The Morgan fingerprint density at radius 2 is 1.89 bits per heavy atom. The minimum Gasteiger partial charge on any atom is -0.394 e. The normalized spacial score (nSPS) is 28.1. The Hall–Kier alpha value is -0.810. The van der Waals surface area contributed by atoms with Gasteiger partial charge < -0.3 is 41.5 Å². The fourth-order valence-electron chi connectivity index (χ4n) is 3.23. The molecular formula is C18H37N3O6. The highest BCUT2D eigenvalue weighted by atomic mass is 16.5. The predicted molar refractivity (Wildman–Crippen MR) is 101 cm³/mol. The third kappa shape index (κ3) is 8.39. The van der Waals surface area contributed by atoms with Crippen LogP contribution in [0.2, 0.25) is 0 Å². The minimum absolute atomic E-state index is 0.109. The molecule has 1 saturated heterocycles. The number of carbonyl (C=O) groups excluding carboxylic acids is 1. The Morgan fingerprint density at radius 3 is 2.56 bits per heavy atom. The molecule has 0 spiro atoms. The third-order valence-corrected chi connectivity index (χ3v) is 4.94. The predicted octanol–water partition coefficient (Wildman–Crippen LogP) is -1.69. The summed E-state index contributed by atoms with van der Waals surface area (Å²) in [6, 6.07) is -0.677. The van der Waals surface area contributed by atoms with Crippen LogP contribution in [-0.4, -0.2) is 94.5 Å². The second-order valence-corrected chi connectivity index (χ2v) is 7.23. The molecule has 1 aliphatic heterocycles. The van der Waals surface area contributed by atoms with E-state index in [0.717, 1.165) is 38.5 Å². The molecule has 0 aromatic rings. The van der Waals surface area contributed by atoms with E-state index in [4.69, 9.17) is 16.2 Å². The van der Waals surface area contributed by atoms with Crippen LogP contribution in [0.15, 0.2) is 0 Å². The molecule has 160 valence electrons. The highest BCUT2D eigenvalue weighted by molar-refractivity contribution is 5.81. The number of hydrogen-bond donors (Lipinski definition) is 6. The summed E-state index contributed by atoms with van der Waals surface area (Å²) in [7, 11) is 0. The van der Waals surface area contributed by atoms with E-state index in [-0.39, 0.29) is 12.5 Å². The monoisotopic (exact) mass is 391 g/mol. The molecule has 27 heavy (non-hydrogen) atoms. The van der Waals surface area contributed by atoms with Crippen LogP contribution < -0.4 is 11.5 Å². The van der Waals surface area contributed by atoms with Crippen LogP contribution in [0.5, 0.6) is 0 Å². The molecule has 8 N–H and O–H groups in total. The number of aliphatic hydroxyl groups is 4. The summed E-state index contributed by atoms with van der Waals surface area (Å²) in [6.07, 6.45) is 0.122. The fraction of sp³-hybridized carbons (Fsp3) is 0.944. The average molecular weight is 392 g/mol. The first-order valence-corrected chi connectivity index (χ1v) is 9.93. The Labute approximate surface area is 161 Å². The molecule has 9 heteroatoms. The first kappa shape index (κ1) is 24.2. The fourth-order valence-corrected chi connectivity index (χ4v) is 3.23. The molecule has 1 amide bonds. The van der Waals surface area contributed by atoms with Crippen molar-refractivity contribution in [1.82, 2.24) is 4.90 Å². The maximum Gasteiger partial charge on any atom is 0.239 e. The molecule has 0 saturated carbocycles. The molecule has 1 heterocycles. The second-order valence-electron chi connectivity index (χ2n) is 7.23. The Kier molecular flexibility index (Phi) is 12.0. The van der Waals surface area contributed by atoms with Gasteiger partial charge in [-0.1, -0.05) is 19.3 Å². The first-order valence-electron chi connectivity index (χ1n) is 9.93. The molecule has 5 atom stereocenters. The van der Waals surface area contributed by atoms with E-state index in [0.29, 0.717) is 26.1 Å². The van der Waals surface area contributed by atoms with Crippen LogP contribution in [0.4, 0.5) is 0 Å². The number of aliphatic hydroxyl groups excluding tert-OH is 4. The number of nitrogens with zero attached hydrogens (tertiary/aromatic N) is 1. The van der Waals surface area contributed by atoms with Crippen LogP contribution in [0.25, 0.3) is 0 Å². The van der Waals surface area contributed by atoms with Gasteiger partial charge in [0.1, 0.15) is 24.4 Å². The van der Waals surface area contributed by atoms with Crippen LogP contribution in [0, 0.1) is 0 Å². The van der Waals surface area contributed by atoms with Gasteiger partial charge in [0.25, 0.3) is 0 Å². The van der Waals surface area contributed by atoms with Gasteiger partial charge in [0, 0.05) is 19.7 Å². The second kappa shape index (κ2) is 13.4. The lowest BCUT2D eigenvalue weighted by Crippen LogP contribution is -2.54. The summed E-state index contributed by atoms with van der Waals surface area (Å²) < 4.78 is 5.50. The molecule has 0 aromatic heterocycles. The average Bonchev–Trinajstić information content (AvgIpc) is 2.66. The first-order chi connectivity index (χ1) is 12.9. The Bertz CT molecular complexity index is 415. The van der Waals surface area contributed by atoms with Crippen LogP contribution in [-0.2, 0) is 9.53 Å². The van der Waals surface area contributed by atoms with E-state index in [1.54, 1.807) is 0 Å². The number of nitrogens with two attached hydrogens (primary N) is 2. The summed E-state index contributed by atoms with van der Waals surface area (Å²) in [6.45, 7) is 0.608. The van der Waals surface area contributed by atoms with Crippen molar-refractivity contribution < 1.29 is 30.0 Å². The van der Waals surface area contributed by atoms with Crippen LogP contribution in [0.1, 0.15) is 44.9 Å². The van der Waals surface area contributed by atoms with Gasteiger partial charge in [0.2, 0.25) is 5.91 Å². The smallest absolute Gasteiger partial charge is 0.239 e. The molecule has 0 aliphatic carbocycles. The lowest BCUT2D eigenvalue weighted by Gasteiger charge is -2.34. The molecule has 0 radical (unpaired) electrons. The molecule has 0 aromatic carbocycles. The maximum absolute atomic E-state index is 12.7. The van der Waals surface area contributed by atoms with Crippen LogP contribution >= 0.6 is 0 Å². The van der Waals surface area contributed by atoms with Gasteiger partial charge in [0.15, 0.2) is 0 Å². The molecule has 9 nitrogen and oxygen atoms in total. The van der Waals surface area contributed by atoms with Crippen molar-refractivity contribution in [2.75, 3.05) is 32.8 Å². The standard InChI is InChI=1S/C18H37N3O6/c19-8-4-3-7-13(20)18(26)21-9-5-1-2-6-10-27-17(15(24)12-22)16(25)14(23)11-21/h13-17,22-25H,1-12,19-20H2/t13-,14+,15-,16-,17-/m1/s1. The summed E-state index contributed by atoms with van der Waals surface area (Å²) in [4.78, 5) is 14.2. The zero-order valence-electron chi connectivity index (χ0n) is 16.1. The zero-order valence-corrected chi connectivity index (χ0v) is 16.1. The highest BCUT2D eigenvalue weighted by Gasteiger charge is 2.35. The molecule has 1 aliphatic rings. The van der Waals surface area contributed by atoms with Crippen molar-refractivity contribution in [3.8, 4) is 0 Å². The molecule has 1 rings (SSSR count). The number of amides is 1. The van der Waals surface area contributed by atoms with Crippen molar-refractivity contribution in [3.63, 3.8) is 0 Å². The van der Waals surface area contributed by atoms with Gasteiger partial charge in [-0.15, -0.1) is 0 Å². The van der Waals surface area contributed by atoms with Crippen LogP contribution in [0.3, 0.4) is 0 Å². The quantitative estimate of drug-likeness (QED) is 0.280. The zero-order chi connectivity index (χ0) is 20.2. The topological polar surface area (TPSA) is 162 Å². The van der Waals surface area contributed by atoms with Crippen molar-refractivity contribution in [2.24, 2.45) is 11.5 Å². The summed E-state index contributed by atoms with van der Waals surface area (Å²) in [5.74, 6) is -0.268. The van der Waals surface area contributed by atoms with Crippen molar-refractivity contribution in [2.45, 2.75) is 75.4 Å². The summed E-state index contributed by atoms with van der Waals surface area (Å²) >= 11 is 0. The summed E-state index contributed by atoms with van der Waals surface area (Å²) in [5, 5.41) is 39.9. The SMILES string of the molecule is NCCCC[C@@H](N)C(=O)N1CCCCCCO[C@H]([C@H](O)CO)[C@H](O)[C@@H](O)C1. The number of rotatable bonds is 7. The van der Waals surface area contributed by atoms with E-state index < -0.39 is 37.1 Å². The summed E-state index contributed by atoms with van der Waals surface area (Å²) in [5.41, 5.74) is 11.5. The maximum atomic E-state index is 12.7. The van der Waals surface area contributed by atoms with Gasteiger partial charge in [-0.05, 0) is 32.2 Å². The van der Waals surface area contributed by atoms with E-state index in [9.17, 15) is 25.2 Å². The lowest BCUT2D eigenvalue weighted by molar-refractivity contribution is -0.152. The molecule has 0 unspecified atom stereocenters. The molecule has 1 fully saturated rings. The minimum atomic E-state index is -1.43. The van der Waals surface area contributed by atoms with Gasteiger partial charge in [0.05, 0.1) is 12.6 Å². The number of hydrogen-bond acceptors (Lipinski definition) is 8.